The zero-order valence-electron chi connectivity index (χ0n) is 12.2. The lowest BCUT2D eigenvalue weighted by Crippen LogP contribution is -2.38. The molecule has 0 aliphatic heterocycles. The Labute approximate surface area is 115 Å². The predicted molar refractivity (Wildman–Crippen MR) is 77.0 cm³/mol. The lowest BCUT2D eigenvalue weighted by Gasteiger charge is -2.22. The smallest absolute Gasteiger partial charge is 0.223 e. The molecule has 0 aliphatic rings. The van der Waals surface area contributed by atoms with Gasteiger partial charge in [0.2, 0.25) is 5.91 Å². The molecule has 0 radical (unpaired) electrons. The molecule has 1 aromatic rings. The summed E-state index contributed by atoms with van der Waals surface area (Å²) in [6.45, 7) is 7.49. The SMILES string of the molecule is CN(Cc1ccc(O)cc1)C(=O)CCNC(C)(C)C. The summed E-state index contributed by atoms with van der Waals surface area (Å²) in [7, 11) is 1.80. The number of rotatable bonds is 5. The minimum atomic E-state index is 0.0375. The molecule has 106 valence electrons. The molecule has 0 aromatic heterocycles. The fourth-order valence-electron chi connectivity index (χ4n) is 1.70. The van der Waals surface area contributed by atoms with Crippen molar-refractivity contribution in [3.8, 4) is 5.75 Å². The van der Waals surface area contributed by atoms with Crippen molar-refractivity contribution in [2.45, 2.75) is 39.3 Å². The summed E-state index contributed by atoms with van der Waals surface area (Å²) in [5.74, 6) is 0.358. The van der Waals surface area contributed by atoms with Crippen LogP contribution in [0.2, 0.25) is 0 Å². The van der Waals surface area contributed by atoms with E-state index in [-0.39, 0.29) is 17.2 Å². The topological polar surface area (TPSA) is 52.6 Å². The maximum Gasteiger partial charge on any atom is 0.223 e. The highest BCUT2D eigenvalue weighted by molar-refractivity contribution is 5.76. The molecule has 4 nitrogen and oxygen atoms in total. The Morgan fingerprint density at radius 3 is 2.37 bits per heavy atom. The number of amides is 1. The van der Waals surface area contributed by atoms with Gasteiger partial charge in [-0.3, -0.25) is 4.79 Å². The van der Waals surface area contributed by atoms with Gasteiger partial charge in [-0.2, -0.15) is 0 Å². The van der Waals surface area contributed by atoms with Gasteiger partial charge in [0.05, 0.1) is 0 Å². The van der Waals surface area contributed by atoms with E-state index in [1.54, 1.807) is 24.1 Å². The van der Waals surface area contributed by atoms with Crippen molar-refractivity contribution < 1.29 is 9.90 Å². The van der Waals surface area contributed by atoms with E-state index in [0.29, 0.717) is 19.5 Å². The number of hydrogen-bond acceptors (Lipinski definition) is 3. The Morgan fingerprint density at radius 2 is 1.84 bits per heavy atom. The molecule has 0 fully saturated rings. The quantitative estimate of drug-likeness (QED) is 0.856. The first-order valence-electron chi connectivity index (χ1n) is 6.55. The maximum atomic E-state index is 11.9. The zero-order valence-corrected chi connectivity index (χ0v) is 12.2. The second-order valence-corrected chi connectivity index (χ2v) is 5.84. The number of aromatic hydroxyl groups is 1. The van der Waals surface area contributed by atoms with Crippen LogP contribution in [0.3, 0.4) is 0 Å². The van der Waals surface area contributed by atoms with Crippen molar-refractivity contribution in [1.82, 2.24) is 10.2 Å². The maximum absolute atomic E-state index is 11.9. The van der Waals surface area contributed by atoms with Gasteiger partial charge in [0.25, 0.3) is 0 Å². The molecule has 0 bridgehead atoms. The van der Waals surface area contributed by atoms with Gasteiger partial charge in [-0.25, -0.2) is 0 Å². The van der Waals surface area contributed by atoms with E-state index in [4.69, 9.17) is 0 Å². The summed E-state index contributed by atoms with van der Waals surface area (Å²) in [6.07, 6.45) is 0.492. The Kier molecular flexibility index (Phi) is 5.36. The van der Waals surface area contributed by atoms with Crippen molar-refractivity contribution >= 4 is 5.91 Å². The van der Waals surface area contributed by atoms with Crippen LogP contribution in [0.1, 0.15) is 32.8 Å². The number of nitrogens with one attached hydrogen (secondary N) is 1. The molecule has 19 heavy (non-hydrogen) atoms. The number of carbonyl (C=O) groups is 1. The minimum absolute atomic E-state index is 0.0375. The molecule has 0 heterocycles. The largest absolute Gasteiger partial charge is 0.508 e. The Hall–Kier alpha value is -1.55. The first kappa shape index (κ1) is 15.5. The average Bonchev–Trinajstić information content (AvgIpc) is 2.30. The van der Waals surface area contributed by atoms with Gasteiger partial charge < -0.3 is 15.3 Å². The summed E-state index contributed by atoms with van der Waals surface area (Å²) in [4.78, 5) is 13.6. The van der Waals surface area contributed by atoms with Crippen LogP contribution in [0.4, 0.5) is 0 Å². The number of nitrogens with zero attached hydrogens (tertiary/aromatic N) is 1. The Morgan fingerprint density at radius 1 is 1.26 bits per heavy atom. The van der Waals surface area contributed by atoms with Gasteiger partial charge >= 0.3 is 0 Å². The van der Waals surface area contributed by atoms with E-state index >= 15 is 0 Å². The standard InChI is InChI=1S/C15H24N2O2/c1-15(2,3)16-10-9-14(19)17(4)11-12-5-7-13(18)8-6-12/h5-8,16,18H,9-11H2,1-4H3. The third-order valence-corrected chi connectivity index (χ3v) is 2.78. The van der Waals surface area contributed by atoms with Gasteiger partial charge in [0, 0.05) is 32.1 Å². The molecule has 1 aromatic carbocycles. The normalized spacial score (nSPS) is 11.4. The van der Waals surface area contributed by atoms with Crippen molar-refractivity contribution in [2.75, 3.05) is 13.6 Å². The van der Waals surface area contributed by atoms with Gasteiger partial charge in [0.1, 0.15) is 5.75 Å². The van der Waals surface area contributed by atoms with Crippen molar-refractivity contribution in [3.63, 3.8) is 0 Å². The van der Waals surface area contributed by atoms with Gasteiger partial charge in [0.15, 0.2) is 0 Å². The molecule has 2 N–H and O–H groups in total. The summed E-state index contributed by atoms with van der Waals surface area (Å²) in [5.41, 5.74) is 1.05. The minimum Gasteiger partial charge on any atom is -0.508 e. The van der Waals surface area contributed by atoms with Crippen LogP contribution in [0.25, 0.3) is 0 Å². The molecule has 0 saturated carbocycles. The van der Waals surface area contributed by atoms with Crippen LogP contribution in [0.5, 0.6) is 5.75 Å². The third-order valence-electron chi connectivity index (χ3n) is 2.78. The van der Waals surface area contributed by atoms with Crippen molar-refractivity contribution in [2.24, 2.45) is 0 Å². The highest BCUT2D eigenvalue weighted by Crippen LogP contribution is 2.11. The zero-order chi connectivity index (χ0) is 14.5. The van der Waals surface area contributed by atoms with Crippen LogP contribution >= 0.6 is 0 Å². The van der Waals surface area contributed by atoms with Crippen LogP contribution < -0.4 is 5.32 Å². The predicted octanol–water partition coefficient (Wildman–Crippen LogP) is 2.13. The van der Waals surface area contributed by atoms with Crippen molar-refractivity contribution in [1.29, 1.82) is 0 Å². The average molecular weight is 264 g/mol. The second kappa shape index (κ2) is 6.57. The number of phenolic OH excluding ortho intramolecular Hbond substituents is 1. The van der Waals surface area contributed by atoms with Crippen LogP contribution in [-0.2, 0) is 11.3 Å². The molecule has 0 spiro atoms. The molecule has 0 unspecified atom stereocenters. The van der Waals surface area contributed by atoms with Gasteiger partial charge in [-0.1, -0.05) is 12.1 Å². The first-order valence-corrected chi connectivity index (χ1v) is 6.55. The van der Waals surface area contributed by atoms with Crippen LogP contribution in [0, 0.1) is 0 Å². The second-order valence-electron chi connectivity index (χ2n) is 5.84. The van der Waals surface area contributed by atoms with Crippen LogP contribution in [0.15, 0.2) is 24.3 Å². The molecular weight excluding hydrogens is 240 g/mol. The van der Waals surface area contributed by atoms with Gasteiger partial charge in [-0.15, -0.1) is 0 Å². The van der Waals surface area contributed by atoms with Crippen molar-refractivity contribution in [3.05, 3.63) is 29.8 Å². The number of phenols is 1. The summed E-state index contributed by atoms with van der Waals surface area (Å²) >= 11 is 0. The summed E-state index contributed by atoms with van der Waals surface area (Å²) in [5, 5.41) is 12.5. The molecular formula is C15H24N2O2. The van der Waals surface area contributed by atoms with E-state index < -0.39 is 0 Å². The van der Waals surface area contributed by atoms with E-state index in [9.17, 15) is 9.90 Å². The number of benzene rings is 1. The highest BCUT2D eigenvalue weighted by atomic mass is 16.3. The molecule has 4 heteroatoms. The monoisotopic (exact) mass is 264 g/mol. The number of carbonyl (C=O) groups excluding carboxylic acids is 1. The van der Waals surface area contributed by atoms with Gasteiger partial charge in [-0.05, 0) is 38.5 Å². The van der Waals surface area contributed by atoms with E-state index in [2.05, 4.69) is 26.1 Å². The lowest BCUT2D eigenvalue weighted by molar-refractivity contribution is -0.130. The first-order chi connectivity index (χ1) is 8.78. The molecule has 0 saturated heterocycles. The van der Waals surface area contributed by atoms with E-state index in [1.807, 2.05) is 12.1 Å². The lowest BCUT2D eigenvalue weighted by atomic mass is 10.1. The molecule has 0 atom stereocenters. The van der Waals surface area contributed by atoms with E-state index in [0.717, 1.165) is 5.56 Å². The van der Waals surface area contributed by atoms with Crippen LogP contribution in [-0.4, -0.2) is 35.0 Å². The fourth-order valence-corrected chi connectivity index (χ4v) is 1.70. The number of hydrogen-bond donors (Lipinski definition) is 2. The summed E-state index contributed by atoms with van der Waals surface area (Å²) < 4.78 is 0. The molecule has 1 rings (SSSR count). The summed E-state index contributed by atoms with van der Waals surface area (Å²) in [6, 6.07) is 6.92. The Bertz CT molecular complexity index is 407. The third kappa shape index (κ3) is 6.25. The Balaban J connectivity index is 2.38. The molecule has 0 aliphatic carbocycles. The van der Waals surface area contributed by atoms with E-state index in [1.165, 1.54) is 0 Å². The highest BCUT2D eigenvalue weighted by Gasteiger charge is 2.12. The molecule has 1 amide bonds. The fraction of sp³-hybridized carbons (Fsp3) is 0.533.